The van der Waals surface area contributed by atoms with E-state index in [-0.39, 0.29) is 29.8 Å². The third-order valence-electron chi connectivity index (χ3n) is 5.47. The molecule has 9 heteroatoms. The lowest BCUT2D eigenvalue weighted by Crippen LogP contribution is -2.38. The molecular weight excluding hydrogens is 432 g/mol. The summed E-state index contributed by atoms with van der Waals surface area (Å²) < 4.78 is 34.7. The first-order valence-electron chi connectivity index (χ1n) is 10.9. The first-order chi connectivity index (χ1) is 15.9. The largest absolute Gasteiger partial charge is 0.497 e. The van der Waals surface area contributed by atoms with Crippen molar-refractivity contribution in [3.05, 3.63) is 54.1 Å². The normalized spacial score (nSPS) is 14.6. The van der Waals surface area contributed by atoms with Gasteiger partial charge >= 0.3 is 6.61 Å². The molecule has 1 aliphatic heterocycles. The number of para-hydroxylation sites is 2. The molecule has 2 aromatic carbocycles. The average Bonchev–Trinajstić information content (AvgIpc) is 3.04. The van der Waals surface area contributed by atoms with Crippen LogP contribution in [-0.2, 0) is 16.0 Å². The maximum atomic E-state index is 12.7. The summed E-state index contributed by atoms with van der Waals surface area (Å²) in [6, 6.07) is 13.8. The van der Waals surface area contributed by atoms with Gasteiger partial charge in [-0.1, -0.05) is 24.3 Å². The van der Waals surface area contributed by atoms with Crippen molar-refractivity contribution in [1.82, 2.24) is 9.80 Å². The van der Waals surface area contributed by atoms with Crippen molar-refractivity contribution in [2.24, 2.45) is 0 Å². The number of carbonyl (C=O) groups is 2. The van der Waals surface area contributed by atoms with Gasteiger partial charge < -0.3 is 19.7 Å². The molecular formula is C24H29F2N3O4. The zero-order valence-electron chi connectivity index (χ0n) is 18.6. The fourth-order valence-corrected chi connectivity index (χ4v) is 3.74. The molecule has 1 N–H and O–H groups in total. The van der Waals surface area contributed by atoms with E-state index in [2.05, 4.69) is 10.1 Å². The van der Waals surface area contributed by atoms with Crippen LogP contribution in [0, 0.1) is 0 Å². The Hall–Kier alpha value is -3.20. The number of hydrogen-bond acceptors (Lipinski definition) is 5. The molecule has 0 radical (unpaired) electrons. The second kappa shape index (κ2) is 12.2. The number of nitrogens with one attached hydrogen (secondary N) is 1. The van der Waals surface area contributed by atoms with E-state index in [1.165, 1.54) is 12.1 Å². The van der Waals surface area contributed by atoms with E-state index in [0.29, 0.717) is 39.0 Å². The van der Waals surface area contributed by atoms with Gasteiger partial charge in [-0.3, -0.25) is 14.5 Å². The number of halogens is 2. The van der Waals surface area contributed by atoms with Gasteiger partial charge in [-0.15, -0.1) is 0 Å². The smallest absolute Gasteiger partial charge is 0.387 e. The van der Waals surface area contributed by atoms with Gasteiger partial charge in [0.25, 0.3) is 0 Å². The number of rotatable bonds is 9. The molecule has 0 saturated carbocycles. The Morgan fingerprint density at radius 1 is 1.03 bits per heavy atom. The highest BCUT2D eigenvalue weighted by Crippen LogP contribution is 2.25. The van der Waals surface area contributed by atoms with Crippen molar-refractivity contribution in [2.75, 3.05) is 45.2 Å². The Bertz CT molecular complexity index is 924. The SMILES string of the molecule is COc1ccc(CCC(=O)N2CCCN(CC(=O)Nc3ccccc3OC(F)F)CC2)cc1. The number of hydrogen-bond donors (Lipinski definition) is 1. The van der Waals surface area contributed by atoms with Crippen LogP contribution in [0.25, 0.3) is 0 Å². The van der Waals surface area contributed by atoms with Gasteiger partial charge in [0.05, 0.1) is 19.3 Å². The number of ether oxygens (including phenoxy) is 2. The molecule has 0 unspecified atom stereocenters. The van der Waals surface area contributed by atoms with Crippen LogP contribution in [0.2, 0.25) is 0 Å². The Labute approximate surface area is 192 Å². The van der Waals surface area contributed by atoms with E-state index in [1.807, 2.05) is 34.1 Å². The summed E-state index contributed by atoms with van der Waals surface area (Å²) in [7, 11) is 1.62. The Morgan fingerprint density at radius 2 is 1.79 bits per heavy atom. The van der Waals surface area contributed by atoms with E-state index < -0.39 is 6.61 Å². The predicted molar refractivity (Wildman–Crippen MR) is 121 cm³/mol. The Morgan fingerprint density at radius 3 is 2.52 bits per heavy atom. The molecule has 1 aliphatic rings. The van der Waals surface area contributed by atoms with Gasteiger partial charge in [0, 0.05) is 32.6 Å². The lowest BCUT2D eigenvalue weighted by Gasteiger charge is -2.22. The fourth-order valence-electron chi connectivity index (χ4n) is 3.74. The van der Waals surface area contributed by atoms with Crippen LogP contribution in [0.15, 0.2) is 48.5 Å². The van der Waals surface area contributed by atoms with Crippen LogP contribution in [0.5, 0.6) is 11.5 Å². The predicted octanol–water partition coefficient (Wildman–Crippen LogP) is 3.40. The number of carbonyl (C=O) groups excluding carboxylic acids is 2. The average molecular weight is 462 g/mol. The van der Waals surface area contributed by atoms with Crippen LogP contribution in [-0.4, -0.2) is 68.1 Å². The first kappa shape index (κ1) is 24.4. The Balaban J connectivity index is 1.45. The minimum absolute atomic E-state index is 0.0784. The molecule has 0 aliphatic carbocycles. The molecule has 1 fully saturated rings. The number of amides is 2. The second-order valence-electron chi connectivity index (χ2n) is 7.78. The summed E-state index contributed by atoms with van der Waals surface area (Å²) in [5.41, 5.74) is 1.28. The topological polar surface area (TPSA) is 71.1 Å². The number of alkyl halides is 2. The molecule has 0 spiro atoms. The molecule has 1 saturated heterocycles. The van der Waals surface area contributed by atoms with E-state index in [0.717, 1.165) is 17.7 Å². The molecule has 1 heterocycles. The molecule has 33 heavy (non-hydrogen) atoms. The minimum atomic E-state index is -2.97. The number of anilines is 1. The molecule has 178 valence electrons. The monoisotopic (exact) mass is 461 g/mol. The second-order valence-corrected chi connectivity index (χ2v) is 7.78. The van der Waals surface area contributed by atoms with E-state index in [1.54, 1.807) is 19.2 Å². The van der Waals surface area contributed by atoms with Gasteiger partial charge in [-0.2, -0.15) is 8.78 Å². The lowest BCUT2D eigenvalue weighted by molar-refractivity contribution is -0.131. The van der Waals surface area contributed by atoms with E-state index in [4.69, 9.17) is 4.74 Å². The number of methoxy groups -OCH3 is 1. The number of benzene rings is 2. The summed E-state index contributed by atoms with van der Waals surface area (Å²) in [5.74, 6) is 0.479. The van der Waals surface area contributed by atoms with Crippen molar-refractivity contribution in [2.45, 2.75) is 25.9 Å². The summed E-state index contributed by atoms with van der Waals surface area (Å²) in [6.45, 7) is -0.440. The molecule has 2 amide bonds. The number of aryl methyl sites for hydroxylation is 1. The van der Waals surface area contributed by atoms with Crippen LogP contribution < -0.4 is 14.8 Å². The highest BCUT2D eigenvalue weighted by Gasteiger charge is 2.21. The lowest BCUT2D eigenvalue weighted by atomic mass is 10.1. The quantitative estimate of drug-likeness (QED) is 0.620. The first-order valence-corrected chi connectivity index (χ1v) is 10.9. The highest BCUT2D eigenvalue weighted by molar-refractivity contribution is 5.93. The van der Waals surface area contributed by atoms with E-state index >= 15 is 0 Å². The molecule has 0 aromatic heterocycles. The molecule has 2 aromatic rings. The van der Waals surface area contributed by atoms with Crippen LogP contribution in [0.1, 0.15) is 18.4 Å². The molecule has 7 nitrogen and oxygen atoms in total. The standard InChI is InChI=1S/C24H29F2N3O4/c1-32-19-10-7-18(8-11-19)9-12-23(31)29-14-4-13-28(15-16-29)17-22(30)27-20-5-2-3-6-21(20)33-24(25)26/h2-3,5-8,10-11,24H,4,9,12-17H2,1H3,(H,27,30). The number of nitrogens with zero attached hydrogens (tertiary/aromatic N) is 2. The summed E-state index contributed by atoms with van der Waals surface area (Å²) in [5, 5.41) is 2.64. The molecule has 0 atom stereocenters. The summed E-state index contributed by atoms with van der Waals surface area (Å²) in [4.78, 5) is 28.9. The fraction of sp³-hybridized carbons (Fsp3) is 0.417. The van der Waals surface area contributed by atoms with Crippen molar-refractivity contribution in [1.29, 1.82) is 0 Å². The molecule has 3 rings (SSSR count). The third-order valence-corrected chi connectivity index (χ3v) is 5.47. The zero-order valence-corrected chi connectivity index (χ0v) is 18.6. The summed E-state index contributed by atoms with van der Waals surface area (Å²) in [6.07, 6.45) is 1.84. The van der Waals surface area contributed by atoms with Gasteiger partial charge in [-0.05, 0) is 42.7 Å². The molecule has 0 bridgehead atoms. The van der Waals surface area contributed by atoms with Crippen LogP contribution >= 0.6 is 0 Å². The maximum Gasteiger partial charge on any atom is 0.387 e. The minimum Gasteiger partial charge on any atom is -0.497 e. The van der Waals surface area contributed by atoms with Gasteiger partial charge in [0.1, 0.15) is 11.5 Å². The van der Waals surface area contributed by atoms with Crippen molar-refractivity contribution >= 4 is 17.5 Å². The van der Waals surface area contributed by atoms with Gasteiger partial charge in [0.2, 0.25) is 11.8 Å². The van der Waals surface area contributed by atoms with Crippen LogP contribution in [0.4, 0.5) is 14.5 Å². The van der Waals surface area contributed by atoms with Crippen LogP contribution in [0.3, 0.4) is 0 Å². The Kier molecular flexibility index (Phi) is 9.00. The van der Waals surface area contributed by atoms with E-state index in [9.17, 15) is 18.4 Å². The van der Waals surface area contributed by atoms with Crippen molar-refractivity contribution < 1.29 is 27.8 Å². The zero-order chi connectivity index (χ0) is 23.6. The van der Waals surface area contributed by atoms with Crippen molar-refractivity contribution in [3.63, 3.8) is 0 Å². The van der Waals surface area contributed by atoms with Gasteiger partial charge in [-0.25, -0.2) is 0 Å². The summed E-state index contributed by atoms with van der Waals surface area (Å²) >= 11 is 0. The van der Waals surface area contributed by atoms with Crippen molar-refractivity contribution in [3.8, 4) is 11.5 Å². The maximum absolute atomic E-state index is 12.7. The third kappa shape index (κ3) is 7.71. The van der Waals surface area contributed by atoms with Gasteiger partial charge in [0.15, 0.2) is 0 Å². The highest BCUT2D eigenvalue weighted by atomic mass is 19.3.